The number of nitrogens with zero attached hydrogens (tertiary/aromatic N) is 3. The highest BCUT2D eigenvalue weighted by Crippen LogP contribution is 2.03. The summed E-state index contributed by atoms with van der Waals surface area (Å²) < 4.78 is 14.2. The molecule has 2 aromatic heterocycles. The van der Waals surface area contributed by atoms with Gasteiger partial charge in [-0.3, -0.25) is 14.3 Å². The highest BCUT2D eigenvalue weighted by Gasteiger charge is 2.01. The average Bonchev–Trinajstić information content (AvgIpc) is 2.22. The zero-order valence-electron chi connectivity index (χ0n) is 8.10. The summed E-state index contributed by atoms with van der Waals surface area (Å²) in [4.78, 5) is 18.9. The molecular weight excluding hydrogens is 233 g/mol. The second-order valence-corrected chi connectivity index (χ2v) is 3.58. The van der Waals surface area contributed by atoms with Gasteiger partial charge in [-0.25, -0.2) is 9.37 Å². The van der Waals surface area contributed by atoms with Gasteiger partial charge < -0.3 is 0 Å². The van der Waals surface area contributed by atoms with Crippen LogP contribution in [0, 0.1) is 5.82 Å². The first-order chi connectivity index (χ1) is 7.65. The molecule has 0 atom stereocenters. The van der Waals surface area contributed by atoms with Crippen molar-refractivity contribution < 1.29 is 4.39 Å². The Kier molecular flexibility index (Phi) is 2.96. The normalized spacial score (nSPS) is 10.4. The van der Waals surface area contributed by atoms with Crippen LogP contribution in [0.3, 0.4) is 0 Å². The molecule has 2 heterocycles. The summed E-state index contributed by atoms with van der Waals surface area (Å²) in [5.41, 5.74) is 0.301. The topological polar surface area (TPSA) is 47.8 Å². The van der Waals surface area contributed by atoms with E-state index in [4.69, 9.17) is 11.6 Å². The van der Waals surface area contributed by atoms with Crippen molar-refractivity contribution >= 4 is 11.6 Å². The SMILES string of the molecule is O=c1cc(Cl)ncn1Cc1cncc(F)c1. The molecule has 0 spiro atoms. The largest absolute Gasteiger partial charge is 0.295 e. The highest BCUT2D eigenvalue weighted by atomic mass is 35.5. The van der Waals surface area contributed by atoms with E-state index in [1.54, 1.807) is 0 Å². The maximum atomic E-state index is 12.8. The van der Waals surface area contributed by atoms with Gasteiger partial charge in [0.2, 0.25) is 0 Å². The van der Waals surface area contributed by atoms with Gasteiger partial charge >= 0.3 is 0 Å². The van der Waals surface area contributed by atoms with E-state index >= 15 is 0 Å². The molecule has 0 saturated heterocycles. The van der Waals surface area contributed by atoms with Crippen molar-refractivity contribution in [3.8, 4) is 0 Å². The van der Waals surface area contributed by atoms with Crippen LogP contribution >= 0.6 is 11.6 Å². The summed E-state index contributed by atoms with van der Waals surface area (Å²) in [5, 5.41) is 0.138. The standard InChI is InChI=1S/C10H7ClFN3O/c11-9-2-10(16)15(6-14-9)5-7-1-8(12)4-13-3-7/h1-4,6H,5H2. The second-order valence-electron chi connectivity index (χ2n) is 3.19. The summed E-state index contributed by atoms with van der Waals surface area (Å²) in [6, 6.07) is 2.52. The lowest BCUT2D eigenvalue weighted by molar-refractivity contribution is 0.614. The Morgan fingerprint density at radius 3 is 2.88 bits per heavy atom. The van der Waals surface area contributed by atoms with E-state index in [-0.39, 0.29) is 17.3 Å². The summed E-state index contributed by atoms with van der Waals surface area (Å²) in [6.45, 7) is 0.216. The highest BCUT2D eigenvalue weighted by molar-refractivity contribution is 6.29. The van der Waals surface area contributed by atoms with Gasteiger partial charge in [0.05, 0.1) is 19.1 Å². The summed E-state index contributed by atoms with van der Waals surface area (Å²) >= 11 is 5.55. The van der Waals surface area contributed by atoms with Gasteiger partial charge in [0.15, 0.2) is 0 Å². The van der Waals surface area contributed by atoms with Crippen molar-refractivity contribution in [3.63, 3.8) is 0 Å². The zero-order valence-corrected chi connectivity index (χ0v) is 8.86. The second kappa shape index (κ2) is 4.40. The molecule has 82 valence electrons. The third-order valence-corrected chi connectivity index (χ3v) is 2.17. The van der Waals surface area contributed by atoms with Gasteiger partial charge in [-0.15, -0.1) is 0 Å². The molecule has 6 heteroatoms. The molecule has 0 aromatic carbocycles. The van der Waals surface area contributed by atoms with E-state index in [1.807, 2.05) is 0 Å². The maximum absolute atomic E-state index is 12.8. The molecule has 16 heavy (non-hydrogen) atoms. The van der Waals surface area contributed by atoms with Gasteiger partial charge in [0, 0.05) is 12.3 Å². The van der Waals surface area contributed by atoms with Crippen molar-refractivity contribution in [1.82, 2.24) is 14.5 Å². The molecule has 0 radical (unpaired) electrons. The van der Waals surface area contributed by atoms with E-state index in [9.17, 15) is 9.18 Å². The first-order valence-electron chi connectivity index (χ1n) is 4.46. The quantitative estimate of drug-likeness (QED) is 0.746. The van der Waals surface area contributed by atoms with Gasteiger partial charge in [-0.05, 0) is 11.6 Å². The van der Waals surface area contributed by atoms with E-state index < -0.39 is 5.82 Å². The summed E-state index contributed by atoms with van der Waals surface area (Å²) in [5.74, 6) is -0.438. The monoisotopic (exact) mass is 239 g/mol. The van der Waals surface area contributed by atoms with Crippen molar-refractivity contribution in [1.29, 1.82) is 0 Å². The molecule has 0 aliphatic rings. The Balaban J connectivity index is 2.31. The Labute approximate surface area is 95.4 Å². The van der Waals surface area contributed by atoms with Crippen LogP contribution < -0.4 is 5.56 Å². The Morgan fingerprint density at radius 1 is 1.38 bits per heavy atom. The molecule has 0 N–H and O–H groups in total. The van der Waals surface area contributed by atoms with Crippen LogP contribution in [0.25, 0.3) is 0 Å². The van der Waals surface area contributed by atoms with Gasteiger partial charge in [0.1, 0.15) is 11.0 Å². The van der Waals surface area contributed by atoms with Gasteiger partial charge in [-0.1, -0.05) is 11.6 Å². The van der Waals surface area contributed by atoms with Crippen LogP contribution in [0.2, 0.25) is 5.15 Å². The van der Waals surface area contributed by atoms with E-state index in [0.717, 1.165) is 6.20 Å². The molecule has 0 aliphatic carbocycles. The first kappa shape index (κ1) is 10.8. The number of hydrogen-bond acceptors (Lipinski definition) is 3. The third-order valence-electron chi connectivity index (χ3n) is 1.96. The predicted molar refractivity (Wildman–Crippen MR) is 56.8 cm³/mol. The van der Waals surface area contributed by atoms with Gasteiger partial charge in [-0.2, -0.15) is 0 Å². The van der Waals surface area contributed by atoms with E-state index in [2.05, 4.69) is 9.97 Å². The molecule has 0 fully saturated rings. The van der Waals surface area contributed by atoms with Crippen molar-refractivity contribution in [3.05, 3.63) is 57.7 Å². The molecule has 2 aromatic rings. The maximum Gasteiger partial charge on any atom is 0.255 e. The summed E-state index contributed by atoms with van der Waals surface area (Å²) in [6.07, 6.45) is 3.91. The number of halogens is 2. The predicted octanol–water partition coefficient (Wildman–Crippen LogP) is 1.48. The fourth-order valence-corrected chi connectivity index (χ4v) is 1.40. The molecule has 4 nitrogen and oxygen atoms in total. The van der Waals surface area contributed by atoms with Crippen molar-refractivity contribution in [2.45, 2.75) is 6.54 Å². The van der Waals surface area contributed by atoms with Crippen LogP contribution in [0.15, 0.2) is 35.6 Å². The molecule has 2 rings (SSSR count). The minimum absolute atomic E-state index is 0.138. The Morgan fingerprint density at radius 2 is 2.19 bits per heavy atom. The summed E-state index contributed by atoms with van der Waals surface area (Å²) in [7, 11) is 0. The van der Waals surface area contributed by atoms with Crippen LogP contribution in [-0.4, -0.2) is 14.5 Å². The zero-order chi connectivity index (χ0) is 11.5. The van der Waals surface area contributed by atoms with Gasteiger partial charge in [0.25, 0.3) is 5.56 Å². The van der Waals surface area contributed by atoms with Crippen LogP contribution in [0.5, 0.6) is 0 Å². The van der Waals surface area contributed by atoms with Crippen LogP contribution in [0.1, 0.15) is 5.56 Å². The van der Waals surface area contributed by atoms with Crippen LogP contribution in [-0.2, 0) is 6.54 Å². The fourth-order valence-electron chi connectivity index (χ4n) is 1.26. The molecule has 0 unspecified atom stereocenters. The lowest BCUT2D eigenvalue weighted by Gasteiger charge is -2.04. The Hall–Kier alpha value is -1.75. The molecule has 0 aliphatic heterocycles. The Bertz CT molecular complexity index is 570. The molecule has 0 bridgehead atoms. The lowest BCUT2D eigenvalue weighted by Crippen LogP contribution is -2.20. The third kappa shape index (κ3) is 2.43. The number of aromatic nitrogens is 3. The van der Waals surface area contributed by atoms with Crippen molar-refractivity contribution in [2.24, 2.45) is 0 Å². The number of pyridine rings is 1. The van der Waals surface area contributed by atoms with Crippen LogP contribution in [0.4, 0.5) is 4.39 Å². The average molecular weight is 240 g/mol. The van der Waals surface area contributed by atoms with E-state index in [1.165, 1.54) is 29.2 Å². The molecule has 0 saturated carbocycles. The number of rotatable bonds is 2. The fraction of sp³-hybridized carbons (Fsp3) is 0.100. The smallest absolute Gasteiger partial charge is 0.255 e. The minimum atomic E-state index is -0.438. The first-order valence-corrected chi connectivity index (χ1v) is 4.84. The lowest BCUT2D eigenvalue weighted by atomic mass is 10.3. The molecular formula is C10H7ClFN3O. The van der Waals surface area contributed by atoms with E-state index in [0.29, 0.717) is 5.56 Å². The molecule has 0 amide bonds. The van der Waals surface area contributed by atoms with Crippen molar-refractivity contribution in [2.75, 3.05) is 0 Å². The number of hydrogen-bond donors (Lipinski definition) is 0. The minimum Gasteiger partial charge on any atom is -0.295 e.